The van der Waals surface area contributed by atoms with E-state index >= 15 is 0 Å². The van der Waals surface area contributed by atoms with Crippen LogP contribution in [0.1, 0.15) is 60.9 Å². The molecule has 2 aromatic carbocycles. The highest BCUT2D eigenvalue weighted by atomic mass is 16.5. The summed E-state index contributed by atoms with van der Waals surface area (Å²) >= 11 is 0. The van der Waals surface area contributed by atoms with Crippen LogP contribution in [-0.2, 0) is 4.74 Å². The van der Waals surface area contributed by atoms with Crippen LogP contribution in [0.5, 0.6) is 11.5 Å². The van der Waals surface area contributed by atoms with E-state index in [1.54, 1.807) is 19.4 Å². The molecule has 5 rings (SSSR count). The summed E-state index contributed by atoms with van der Waals surface area (Å²) in [5, 5.41) is 24.0. The average Bonchev–Trinajstić information content (AvgIpc) is 3.27. The Kier molecular flexibility index (Phi) is 6.57. The topological polar surface area (TPSA) is 95.1 Å². The molecule has 1 unspecified atom stereocenters. The van der Waals surface area contributed by atoms with Gasteiger partial charge in [-0.2, -0.15) is 20.6 Å². The Hall–Kier alpha value is -3.96. The standard InChI is InChI=1S/C28H29N5O3/c1-17-16-30-31-18(2)27(17)19(3)36-22-9-11-25-24(14-22)28(32-33(25)26-7-5-6-12-35-26)23-10-8-21(34-4)13-20(23)15-29/h8-11,13-14,16,19,26H,5-7,12H2,1-4H3/t19-,26?/m0/s1. The van der Waals surface area contributed by atoms with Gasteiger partial charge in [0, 0.05) is 23.1 Å². The van der Waals surface area contributed by atoms with Crippen molar-refractivity contribution in [3.8, 4) is 28.8 Å². The van der Waals surface area contributed by atoms with Gasteiger partial charge in [-0.25, -0.2) is 4.68 Å². The molecule has 0 saturated carbocycles. The Balaban J connectivity index is 1.62. The fourth-order valence-electron chi connectivity index (χ4n) is 4.97. The number of aryl methyl sites for hydroxylation is 2. The fraction of sp³-hybridized carbons (Fsp3) is 0.357. The maximum atomic E-state index is 9.88. The Morgan fingerprint density at radius 3 is 2.69 bits per heavy atom. The second-order valence-corrected chi connectivity index (χ2v) is 9.10. The number of nitriles is 1. The zero-order valence-electron chi connectivity index (χ0n) is 21.0. The summed E-state index contributed by atoms with van der Waals surface area (Å²) in [5.74, 6) is 1.34. The molecule has 2 atom stereocenters. The lowest BCUT2D eigenvalue weighted by molar-refractivity contribution is -0.0365. The number of benzene rings is 2. The minimum atomic E-state index is -0.214. The smallest absolute Gasteiger partial charge is 0.150 e. The summed E-state index contributed by atoms with van der Waals surface area (Å²) in [6.45, 7) is 6.68. The van der Waals surface area contributed by atoms with Gasteiger partial charge in [0.2, 0.25) is 0 Å². The van der Waals surface area contributed by atoms with Gasteiger partial charge in [0.15, 0.2) is 6.23 Å². The number of nitrogens with zero attached hydrogens (tertiary/aromatic N) is 5. The van der Waals surface area contributed by atoms with Crippen LogP contribution in [0.25, 0.3) is 22.2 Å². The molecule has 0 bridgehead atoms. The molecule has 8 nitrogen and oxygen atoms in total. The highest BCUT2D eigenvalue weighted by molar-refractivity contribution is 5.95. The van der Waals surface area contributed by atoms with Crippen LogP contribution >= 0.6 is 0 Å². The van der Waals surface area contributed by atoms with E-state index in [9.17, 15) is 5.26 Å². The zero-order chi connectivity index (χ0) is 25.2. The first kappa shape index (κ1) is 23.8. The largest absolute Gasteiger partial charge is 0.497 e. The van der Waals surface area contributed by atoms with E-state index < -0.39 is 0 Å². The Labute approximate surface area is 210 Å². The number of methoxy groups -OCH3 is 1. The van der Waals surface area contributed by atoms with Crippen molar-refractivity contribution in [3.63, 3.8) is 0 Å². The van der Waals surface area contributed by atoms with E-state index in [0.29, 0.717) is 23.7 Å². The van der Waals surface area contributed by atoms with Crippen LogP contribution in [0.2, 0.25) is 0 Å². The molecule has 0 spiro atoms. The first-order valence-corrected chi connectivity index (χ1v) is 12.2. The van der Waals surface area contributed by atoms with E-state index in [-0.39, 0.29) is 12.3 Å². The Bertz CT molecular complexity index is 1430. The number of rotatable bonds is 6. The number of fused-ring (bicyclic) bond motifs is 1. The average molecular weight is 484 g/mol. The molecular formula is C28H29N5O3. The van der Waals surface area contributed by atoms with Crippen LogP contribution in [0.15, 0.2) is 42.6 Å². The summed E-state index contributed by atoms with van der Waals surface area (Å²) in [5.41, 5.74) is 5.81. The van der Waals surface area contributed by atoms with E-state index in [1.165, 1.54) is 0 Å². The molecule has 4 aromatic rings. The lowest BCUT2D eigenvalue weighted by Gasteiger charge is -2.23. The van der Waals surface area contributed by atoms with Gasteiger partial charge in [-0.1, -0.05) is 0 Å². The first-order chi connectivity index (χ1) is 17.5. The van der Waals surface area contributed by atoms with Gasteiger partial charge in [-0.15, -0.1) is 0 Å². The van der Waals surface area contributed by atoms with Crippen molar-refractivity contribution in [2.24, 2.45) is 0 Å². The van der Waals surface area contributed by atoms with Crippen LogP contribution in [0.3, 0.4) is 0 Å². The molecule has 1 aliphatic heterocycles. The van der Waals surface area contributed by atoms with Crippen molar-refractivity contribution >= 4 is 10.9 Å². The van der Waals surface area contributed by atoms with Crippen molar-refractivity contribution < 1.29 is 14.2 Å². The Morgan fingerprint density at radius 1 is 1.14 bits per heavy atom. The molecule has 0 N–H and O–H groups in total. The lowest BCUT2D eigenvalue weighted by Crippen LogP contribution is -2.19. The molecule has 184 valence electrons. The minimum Gasteiger partial charge on any atom is -0.497 e. The van der Waals surface area contributed by atoms with Gasteiger partial charge < -0.3 is 14.2 Å². The van der Waals surface area contributed by atoms with Gasteiger partial charge >= 0.3 is 0 Å². The number of aromatic nitrogens is 4. The van der Waals surface area contributed by atoms with Crippen molar-refractivity contribution in [2.45, 2.75) is 52.4 Å². The maximum Gasteiger partial charge on any atom is 0.150 e. The third-order valence-electron chi connectivity index (χ3n) is 6.70. The molecule has 0 radical (unpaired) electrons. The van der Waals surface area contributed by atoms with Crippen LogP contribution < -0.4 is 9.47 Å². The van der Waals surface area contributed by atoms with Crippen molar-refractivity contribution in [3.05, 3.63) is 65.0 Å². The second kappa shape index (κ2) is 9.96. The Morgan fingerprint density at radius 2 is 1.97 bits per heavy atom. The molecular weight excluding hydrogens is 454 g/mol. The zero-order valence-corrected chi connectivity index (χ0v) is 21.0. The van der Waals surface area contributed by atoms with E-state index in [1.807, 2.05) is 55.8 Å². The van der Waals surface area contributed by atoms with E-state index in [2.05, 4.69) is 16.3 Å². The lowest BCUT2D eigenvalue weighted by atomic mass is 10.0. The quantitative estimate of drug-likeness (QED) is 0.340. The van der Waals surface area contributed by atoms with Crippen LogP contribution in [-0.4, -0.2) is 33.7 Å². The molecule has 36 heavy (non-hydrogen) atoms. The summed E-state index contributed by atoms with van der Waals surface area (Å²) in [4.78, 5) is 0. The van der Waals surface area contributed by atoms with Crippen LogP contribution in [0, 0.1) is 25.2 Å². The third kappa shape index (κ3) is 4.38. The summed E-state index contributed by atoms with van der Waals surface area (Å²) < 4.78 is 19.7. The van der Waals surface area contributed by atoms with Gasteiger partial charge in [-0.05, 0) is 82.0 Å². The predicted molar refractivity (Wildman–Crippen MR) is 136 cm³/mol. The SMILES string of the molecule is COc1ccc(-c2nn(C3CCCCO3)c3ccc(O[C@@H](C)c4c(C)cnnc4C)cc23)c(C#N)c1. The highest BCUT2D eigenvalue weighted by Crippen LogP contribution is 2.37. The molecule has 1 aliphatic rings. The number of ether oxygens (including phenoxy) is 3. The molecule has 0 aliphatic carbocycles. The molecule has 3 heterocycles. The number of hydrogen-bond acceptors (Lipinski definition) is 7. The number of hydrogen-bond donors (Lipinski definition) is 0. The second-order valence-electron chi connectivity index (χ2n) is 9.10. The molecule has 2 aromatic heterocycles. The molecule has 1 saturated heterocycles. The minimum absolute atomic E-state index is 0.141. The normalized spacial score (nSPS) is 16.5. The summed E-state index contributed by atoms with van der Waals surface area (Å²) in [6.07, 6.45) is 4.44. The van der Waals surface area contributed by atoms with Gasteiger partial charge in [0.25, 0.3) is 0 Å². The van der Waals surface area contributed by atoms with Gasteiger partial charge in [0.1, 0.15) is 23.3 Å². The molecule has 0 amide bonds. The van der Waals surface area contributed by atoms with Crippen LogP contribution in [0.4, 0.5) is 0 Å². The van der Waals surface area contributed by atoms with Crippen molar-refractivity contribution in [1.29, 1.82) is 5.26 Å². The molecule has 1 fully saturated rings. The summed E-state index contributed by atoms with van der Waals surface area (Å²) in [6, 6.07) is 13.8. The predicted octanol–water partition coefficient (Wildman–Crippen LogP) is 5.83. The monoisotopic (exact) mass is 483 g/mol. The van der Waals surface area contributed by atoms with E-state index in [0.717, 1.165) is 58.2 Å². The van der Waals surface area contributed by atoms with Gasteiger partial charge in [-0.3, -0.25) is 0 Å². The third-order valence-corrected chi connectivity index (χ3v) is 6.70. The van der Waals surface area contributed by atoms with E-state index in [4.69, 9.17) is 19.3 Å². The van der Waals surface area contributed by atoms with Crippen molar-refractivity contribution in [2.75, 3.05) is 13.7 Å². The highest BCUT2D eigenvalue weighted by Gasteiger charge is 2.24. The maximum absolute atomic E-state index is 9.88. The summed E-state index contributed by atoms with van der Waals surface area (Å²) in [7, 11) is 1.59. The van der Waals surface area contributed by atoms with Gasteiger partial charge in [0.05, 0.1) is 36.1 Å². The van der Waals surface area contributed by atoms with Crippen molar-refractivity contribution in [1.82, 2.24) is 20.0 Å². The fourth-order valence-corrected chi connectivity index (χ4v) is 4.97. The first-order valence-electron chi connectivity index (χ1n) is 12.2. The molecule has 8 heteroatoms.